The van der Waals surface area contributed by atoms with Crippen molar-refractivity contribution in [3.8, 4) is 0 Å². The molecule has 0 amide bonds. The van der Waals surface area contributed by atoms with Gasteiger partial charge in [0.2, 0.25) is 5.96 Å². The standard InChI is InChI=1S/C8H8F2N4.C2H4O2/c9-6-2-1-3-7(10)5(6)4-13-14-8(11)12;1-2(3)4/h1-4H,(H4,11,12,14);1H3,(H,3,4)/b13-4+;. The average Bonchev–Trinajstić information content (AvgIpc) is 2.21. The number of carboxylic acid groups (broad SMARTS) is 1. The lowest BCUT2D eigenvalue weighted by Gasteiger charge is -1.95. The number of carboxylic acids is 1. The van der Waals surface area contributed by atoms with Crippen LogP contribution in [0.25, 0.3) is 0 Å². The molecule has 0 fully saturated rings. The first-order valence-electron chi connectivity index (χ1n) is 4.60. The third-order valence-corrected chi connectivity index (χ3v) is 1.36. The highest BCUT2D eigenvalue weighted by Gasteiger charge is 2.04. The number of guanidine groups is 1. The number of carbonyl (C=O) groups is 1. The van der Waals surface area contributed by atoms with Crippen LogP contribution >= 0.6 is 0 Å². The van der Waals surface area contributed by atoms with Crippen LogP contribution in [0.15, 0.2) is 28.4 Å². The molecular formula is C10H12F2N4O2. The van der Waals surface area contributed by atoms with E-state index in [4.69, 9.17) is 21.4 Å². The number of hydrogen-bond acceptors (Lipinski definition) is 3. The molecule has 98 valence electrons. The van der Waals surface area contributed by atoms with Gasteiger partial charge in [0, 0.05) is 6.92 Å². The normalized spacial score (nSPS) is 9.50. The Balaban J connectivity index is 0.000000631. The fraction of sp³-hybridized carbons (Fsp3) is 0.100. The van der Waals surface area contributed by atoms with Gasteiger partial charge in [0.1, 0.15) is 11.6 Å². The molecule has 0 saturated carbocycles. The monoisotopic (exact) mass is 258 g/mol. The van der Waals surface area contributed by atoms with E-state index in [2.05, 4.69) is 10.2 Å². The van der Waals surface area contributed by atoms with E-state index in [1.807, 2.05) is 0 Å². The molecule has 8 heteroatoms. The predicted octanol–water partition coefficient (Wildman–Crippen LogP) is 0.663. The lowest BCUT2D eigenvalue weighted by atomic mass is 10.2. The maximum absolute atomic E-state index is 12.9. The molecule has 0 aromatic heterocycles. The number of halogens is 2. The fourth-order valence-electron chi connectivity index (χ4n) is 0.787. The van der Waals surface area contributed by atoms with Crippen molar-refractivity contribution in [1.82, 2.24) is 0 Å². The van der Waals surface area contributed by atoms with Gasteiger partial charge in [-0.3, -0.25) is 4.79 Å². The van der Waals surface area contributed by atoms with Crippen LogP contribution in [0.4, 0.5) is 8.78 Å². The van der Waals surface area contributed by atoms with Gasteiger partial charge in [0.05, 0.1) is 11.8 Å². The highest BCUT2D eigenvalue weighted by molar-refractivity contribution is 5.82. The van der Waals surface area contributed by atoms with Gasteiger partial charge >= 0.3 is 0 Å². The third kappa shape index (κ3) is 6.88. The van der Waals surface area contributed by atoms with Crippen molar-refractivity contribution >= 4 is 18.1 Å². The van der Waals surface area contributed by atoms with Crippen molar-refractivity contribution in [2.75, 3.05) is 0 Å². The van der Waals surface area contributed by atoms with E-state index in [1.165, 1.54) is 6.07 Å². The van der Waals surface area contributed by atoms with Crippen molar-refractivity contribution in [2.45, 2.75) is 6.92 Å². The summed E-state index contributed by atoms with van der Waals surface area (Å²) in [4.78, 5) is 9.00. The number of benzene rings is 1. The lowest BCUT2D eigenvalue weighted by molar-refractivity contribution is -0.134. The lowest BCUT2D eigenvalue weighted by Crippen LogP contribution is -2.21. The van der Waals surface area contributed by atoms with Crippen LogP contribution in [0.3, 0.4) is 0 Å². The molecule has 18 heavy (non-hydrogen) atoms. The largest absolute Gasteiger partial charge is 0.481 e. The summed E-state index contributed by atoms with van der Waals surface area (Å²) in [5, 5.41) is 13.9. The van der Waals surface area contributed by atoms with Gasteiger partial charge in [-0.25, -0.2) is 8.78 Å². The summed E-state index contributed by atoms with van der Waals surface area (Å²) in [5.74, 6) is -2.56. The van der Waals surface area contributed by atoms with Crippen LogP contribution in [-0.2, 0) is 4.79 Å². The number of nitrogens with two attached hydrogens (primary N) is 2. The molecule has 0 spiro atoms. The Morgan fingerprint density at radius 2 is 1.78 bits per heavy atom. The molecule has 0 heterocycles. The van der Waals surface area contributed by atoms with Crippen LogP contribution in [0.1, 0.15) is 12.5 Å². The molecule has 1 aromatic carbocycles. The SMILES string of the molecule is CC(=O)O.NC(N)=N/N=C/c1c(F)cccc1F. The first-order valence-corrected chi connectivity index (χ1v) is 4.60. The molecule has 0 atom stereocenters. The Labute approximate surface area is 102 Å². The first kappa shape index (κ1) is 15.5. The smallest absolute Gasteiger partial charge is 0.300 e. The van der Waals surface area contributed by atoms with Crippen molar-refractivity contribution in [1.29, 1.82) is 0 Å². The zero-order valence-electron chi connectivity index (χ0n) is 9.47. The zero-order valence-corrected chi connectivity index (χ0v) is 9.47. The zero-order chi connectivity index (χ0) is 14.1. The second-order valence-electron chi connectivity index (χ2n) is 2.92. The van der Waals surface area contributed by atoms with E-state index in [9.17, 15) is 8.78 Å². The van der Waals surface area contributed by atoms with Gasteiger partial charge in [-0.05, 0) is 12.1 Å². The minimum absolute atomic E-state index is 0.280. The summed E-state index contributed by atoms with van der Waals surface area (Å²) < 4.78 is 25.9. The molecule has 0 aliphatic carbocycles. The molecule has 5 N–H and O–H groups in total. The maximum atomic E-state index is 12.9. The summed E-state index contributed by atoms with van der Waals surface area (Å²) >= 11 is 0. The second-order valence-corrected chi connectivity index (χ2v) is 2.92. The van der Waals surface area contributed by atoms with Crippen molar-refractivity contribution in [3.63, 3.8) is 0 Å². The van der Waals surface area contributed by atoms with E-state index < -0.39 is 17.6 Å². The molecule has 6 nitrogen and oxygen atoms in total. The highest BCUT2D eigenvalue weighted by Crippen LogP contribution is 2.08. The number of rotatable bonds is 2. The highest BCUT2D eigenvalue weighted by atomic mass is 19.1. The van der Waals surface area contributed by atoms with Crippen LogP contribution in [-0.4, -0.2) is 23.2 Å². The topological polar surface area (TPSA) is 114 Å². The third-order valence-electron chi connectivity index (χ3n) is 1.36. The van der Waals surface area contributed by atoms with E-state index in [-0.39, 0.29) is 11.5 Å². The van der Waals surface area contributed by atoms with Gasteiger partial charge in [-0.15, -0.1) is 5.10 Å². The Bertz CT molecular complexity index is 447. The predicted molar refractivity (Wildman–Crippen MR) is 63.1 cm³/mol. The summed E-state index contributed by atoms with van der Waals surface area (Å²) in [6.07, 6.45) is 0.907. The molecule has 0 radical (unpaired) electrons. The van der Waals surface area contributed by atoms with Crippen molar-refractivity contribution in [2.24, 2.45) is 21.7 Å². The van der Waals surface area contributed by atoms with Gasteiger partial charge in [0.15, 0.2) is 0 Å². The quantitative estimate of drug-likeness (QED) is 0.410. The van der Waals surface area contributed by atoms with Gasteiger partial charge < -0.3 is 16.6 Å². The van der Waals surface area contributed by atoms with E-state index in [1.54, 1.807) is 0 Å². The average molecular weight is 258 g/mol. The molecular weight excluding hydrogens is 246 g/mol. The van der Waals surface area contributed by atoms with Crippen LogP contribution in [0.2, 0.25) is 0 Å². The summed E-state index contributed by atoms with van der Waals surface area (Å²) in [6, 6.07) is 3.47. The molecule has 0 unspecified atom stereocenters. The number of aliphatic carboxylic acids is 1. The molecule has 1 rings (SSSR count). The summed E-state index contributed by atoms with van der Waals surface area (Å²) in [6.45, 7) is 1.08. The summed E-state index contributed by atoms with van der Waals surface area (Å²) in [5.41, 5.74) is 9.64. The van der Waals surface area contributed by atoms with Gasteiger partial charge in [-0.2, -0.15) is 5.10 Å². The van der Waals surface area contributed by atoms with E-state index in [0.717, 1.165) is 25.3 Å². The van der Waals surface area contributed by atoms with Crippen LogP contribution in [0.5, 0.6) is 0 Å². The minimum Gasteiger partial charge on any atom is -0.481 e. The van der Waals surface area contributed by atoms with Crippen LogP contribution < -0.4 is 11.5 Å². The molecule has 0 saturated heterocycles. The summed E-state index contributed by atoms with van der Waals surface area (Å²) in [7, 11) is 0. The first-order chi connectivity index (χ1) is 8.34. The van der Waals surface area contributed by atoms with Crippen LogP contribution in [0, 0.1) is 11.6 Å². The Kier molecular flexibility index (Phi) is 6.64. The Morgan fingerprint density at radius 3 is 2.17 bits per heavy atom. The fourth-order valence-corrected chi connectivity index (χ4v) is 0.787. The van der Waals surface area contributed by atoms with Crippen molar-refractivity contribution < 1.29 is 18.7 Å². The Hall–Kier alpha value is -2.51. The Morgan fingerprint density at radius 1 is 1.33 bits per heavy atom. The van der Waals surface area contributed by atoms with Gasteiger partial charge in [-0.1, -0.05) is 6.07 Å². The van der Waals surface area contributed by atoms with Gasteiger partial charge in [0.25, 0.3) is 5.97 Å². The second kappa shape index (κ2) is 7.71. The van der Waals surface area contributed by atoms with E-state index >= 15 is 0 Å². The minimum atomic E-state index is -0.833. The van der Waals surface area contributed by atoms with Crippen molar-refractivity contribution in [3.05, 3.63) is 35.4 Å². The molecule has 0 aliphatic rings. The molecule has 0 aliphatic heterocycles. The van der Waals surface area contributed by atoms with E-state index in [0.29, 0.717) is 0 Å². The number of hydrogen-bond donors (Lipinski definition) is 3. The molecule has 1 aromatic rings. The maximum Gasteiger partial charge on any atom is 0.300 e. The molecule has 0 bridgehead atoms. The number of nitrogens with zero attached hydrogens (tertiary/aromatic N) is 2.